The van der Waals surface area contributed by atoms with Gasteiger partial charge in [-0.1, -0.05) is 0 Å². The lowest BCUT2D eigenvalue weighted by molar-refractivity contribution is 0.0465. The fraction of sp³-hybridized carbons (Fsp3) is 1.00. The van der Waals surface area contributed by atoms with E-state index in [-0.39, 0.29) is 11.5 Å². The Hall–Kier alpha value is -0.270. The molecule has 84 valence electrons. The fourth-order valence-electron chi connectivity index (χ4n) is 1.58. The van der Waals surface area contributed by atoms with Crippen molar-refractivity contribution in [1.82, 2.24) is 4.90 Å². The van der Waals surface area contributed by atoms with E-state index in [4.69, 9.17) is 0 Å². The van der Waals surface area contributed by atoms with E-state index >= 15 is 0 Å². The van der Waals surface area contributed by atoms with Crippen LogP contribution in [0.15, 0.2) is 0 Å². The second-order valence-electron chi connectivity index (χ2n) is 3.54. The number of rotatable bonds is 3. The molecule has 0 aliphatic carbocycles. The number of halogens is 2. The number of sulfone groups is 1. The van der Waals surface area contributed by atoms with Crippen LogP contribution in [-0.4, -0.2) is 62.1 Å². The Balaban J connectivity index is 2.61. The molecule has 1 saturated heterocycles. The van der Waals surface area contributed by atoms with Gasteiger partial charge in [-0.2, -0.15) is 0 Å². The van der Waals surface area contributed by atoms with Gasteiger partial charge in [0, 0.05) is 0 Å². The zero-order valence-corrected chi connectivity index (χ0v) is 8.54. The molecule has 1 heterocycles. The summed E-state index contributed by atoms with van der Waals surface area (Å²) in [5, 5.41) is 9.34. The number of nitrogens with zero attached hydrogens (tertiary/aromatic N) is 1. The molecule has 0 aromatic rings. The zero-order valence-electron chi connectivity index (χ0n) is 7.73. The lowest BCUT2D eigenvalue weighted by Crippen LogP contribution is -2.42. The Morgan fingerprint density at radius 2 is 2.07 bits per heavy atom. The van der Waals surface area contributed by atoms with E-state index in [2.05, 4.69) is 0 Å². The first-order chi connectivity index (χ1) is 6.32. The summed E-state index contributed by atoms with van der Waals surface area (Å²) in [7, 11) is -1.87. The highest BCUT2D eigenvalue weighted by molar-refractivity contribution is 7.91. The average molecular weight is 229 g/mol. The molecule has 4 nitrogen and oxygen atoms in total. The number of hydrogen-bond donors (Lipinski definition) is 1. The molecule has 0 aromatic carbocycles. The fourth-order valence-corrected chi connectivity index (χ4v) is 3.46. The second-order valence-corrected chi connectivity index (χ2v) is 5.70. The first kappa shape index (κ1) is 11.8. The van der Waals surface area contributed by atoms with Gasteiger partial charge in [0.25, 0.3) is 6.43 Å². The van der Waals surface area contributed by atoms with Crippen molar-refractivity contribution in [3.63, 3.8) is 0 Å². The number of hydrogen-bond acceptors (Lipinski definition) is 4. The van der Waals surface area contributed by atoms with Crippen molar-refractivity contribution in [3.8, 4) is 0 Å². The predicted octanol–water partition coefficient (Wildman–Crippen LogP) is -0.659. The van der Waals surface area contributed by atoms with Crippen molar-refractivity contribution in [2.24, 2.45) is 0 Å². The summed E-state index contributed by atoms with van der Waals surface area (Å²) in [5.74, 6) is -0.567. The van der Waals surface area contributed by atoms with Crippen molar-refractivity contribution in [1.29, 1.82) is 0 Å². The summed E-state index contributed by atoms with van der Waals surface area (Å²) in [6.45, 7) is -0.517. The summed E-state index contributed by atoms with van der Waals surface area (Å²) in [6.07, 6.45) is -3.57. The van der Waals surface area contributed by atoms with E-state index < -0.39 is 35.0 Å². The van der Waals surface area contributed by atoms with Crippen LogP contribution in [0.4, 0.5) is 8.78 Å². The van der Waals surface area contributed by atoms with Gasteiger partial charge in [-0.15, -0.1) is 0 Å². The van der Waals surface area contributed by atoms with Crippen LogP contribution in [0.25, 0.3) is 0 Å². The third-order valence-electron chi connectivity index (χ3n) is 2.29. The molecular weight excluding hydrogens is 216 g/mol. The van der Waals surface area contributed by atoms with Gasteiger partial charge in [-0.3, -0.25) is 4.90 Å². The van der Waals surface area contributed by atoms with E-state index in [0.717, 1.165) is 0 Å². The van der Waals surface area contributed by atoms with Crippen molar-refractivity contribution < 1.29 is 22.3 Å². The molecular formula is C7H13F2NO3S. The summed E-state index contributed by atoms with van der Waals surface area (Å²) in [4.78, 5) is 1.19. The Morgan fingerprint density at radius 3 is 2.43 bits per heavy atom. The maximum absolute atomic E-state index is 12.0. The largest absolute Gasteiger partial charge is 0.390 e. The summed E-state index contributed by atoms with van der Waals surface area (Å²) >= 11 is 0. The molecule has 0 amide bonds. The highest BCUT2D eigenvalue weighted by Crippen LogP contribution is 2.17. The first-order valence-electron chi connectivity index (χ1n) is 4.19. The highest BCUT2D eigenvalue weighted by atomic mass is 32.2. The van der Waals surface area contributed by atoms with Gasteiger partial charge in [0.1, 0.15) is 0 Å². The van der Waals surface area contributed by atoms with Gasteiger partial charge < -0.3 is 5.11 Å². The minimum atomic E-state index is -3.26. The number of aliphatic hydroxyl groups is 1. The van der Waals surface area contributed by atoms with Gasteiger partial charge in [0.05, 0.1) is 30.2 Å². The van der Waals surface area contributed by atoms with Crippen LogP contribution in [0.1, 0.15) is 0 Å². The van der Waals surface area contributed by atoms with Crippen LogP contribution in [0.2, 0.25) is 0 Å². The zero-order chi connectivity index (χ0) is 10.9. The lowest BCUT2D eigenvalue weighted by atomic mass is 10.2. The Morgan fingerprint density at radius 1 is 1.50 bits per heavy atom. The SMILES string of the molecule is CN(CC(F)F)C1CS(=O)(=O)CC1O. The Labute approximate surface area is 81.4 Å². The number of alkyl halides is 2. The maximum atomic E-state index is 12.0. The van der Waals surface area contributed by atoms with E-state index in [1.165, 1.54) is 11.9 Å². The number of likely N-dealkylation sites (N-methyl/N-ethyl adjacent to an activating group) is 1. The van der Waals surface area contributed by atoms with Crippen LogP contribution in [-0.2, 0) is 9.84 Å². The van der Waals surface area contributed by atoms with Gasteiger partial charge >= 0.3 is 0 Å². The molecule has 2 unspecified atom stereocenters. The molecule has 0 spiro atoms. The van der Waals surface area contributed by atoms with Crippen LogP contribution in [0.5, 0.6) is 0 Å². The molecule has 1 rings (SSSR count). The molecule has 7 heteroatoms. The predicted molar refractivity (Wildman–Crippen MR) is 47.1 cm³/mol. The van der Waals surface area contributed by atoms with Crippen LogP contribution in [0, 0.1) is 0 Å². The molecule has 1 fully saturated rings. The molecule has 1 aliphatic rings. The molecule has 0 saturated carbocycles. The Bertz CT molecular complexity index is 293. The van der Waals surface area contributed by atoms with Gasteiger partial charge in [0.2, 0.25) is 0 Å². The van der Waals surface area contributed by atoms with Crippen LogP contribution < -0.4 is 0 Å². The molecule has 2 atom stereocenters. The third kappa shape index (κ3) is 2.86. The quantitative estimate of drug-likeness (QED) is 0.698. The second kappa shape index (κ2) is 4.08. The molecule has 1 N–H and O–H groups in total. The summed E-state index contributed by atoms with van der Waals surface area (Å²) < 4.78 is 46.1. The van der Waals surface area contributed by atoms with Gasteiger partial charge in [0.15, 0.2) is 9.84 Å². The smallest absolute Gasteiger partial charge is 0.251 e. The van der Waals surface area contributed by atoms with Crippen molar-refractivity contribution in [3.05, 3.63) is 0 Å². The van der Waals surface area contributed by atoms with E-state index in [0.29, 0.717) is 0 Å². The molecule has 0 aromatic heterocycles. The van der Waals surface area contributed by atoms with Crippen molar-refractivity contribution in [2.75, 3.05) is 25.1 Å². The van der Waals surface area contributed by atoms with Gasteiger partial charge in [-0.25, -0.2) is 17.2 Å². The van der Waals surface area contributed by atoms with E-state index in [9.17, 15) is 22.3 Å². The summed E-state index contributed by atoms with van der Waals surface area (Å²) in [6, 6.07) is -0.700. The normalized spacial score (nSPS) is 31.6. The molecule has 0 bridgehead atoms. The average Bonchev–Trinajstić information content (AvgIpc) is 2.23. The van der Waals surface area contributed by atoms with Crippen molar-refractivity contribution >= 4 is 9.84 Å². The maximum Gasteiger partial charge on any atom is 0.251 e. The summed E-state index contributed by atoms with van der Waals surface area (Å²) in [5.41, 5.74) is 0. The molecule has 14 heavy (non-hydrogen) atoms. The topological polar surface area (TPSA) is 57.6 Å². The number of aliphatic hydroxyl groups excluding tert-OH is 1. The molecule has 0 radical (unpaired) electrons. The third-order valence-corrected chi connectivity index (χ3v) is 3.98. The lowest BCUT2D eigenvalue weighted by Gasteiger charge is -2.24. The highest BCUT2D eigenvalue weighted by Gasteiger charge is 2.39. The minimum absolute atomic E-state index is 0.239. The van der Waals surface area contributed by atoms with Crippen molar-refractivity contribution in [2.45, 2.75) is 18.6 Å². The first-order valence-corrected chi connectivity index (χ1v) is 6.01. The van der Waals surface area contributed by atoms with Gasteiger partial charge in [-0.05, 0) is 7.05 Å². The standard InChI is InChI=1S/C7H13F2NO3S/c1-10(2-7(8)9)5-3-14(12,13)4-6(5)11/h5-7,11H,2-4H2,1H3. The van der Waals surface area contributed by atoms with Crippen LogP contribution >= 0.6 is 0 Å². The van der Waals surface area contributed by atoms with E-state index in [1.54, 1.807) is 0 Å². The minimum Gasteiger partial charge on any atom is -0.390 e. The molecule has 1 aliphatic heterocycles. The monoisotopic (exact) mass is 229 g/mol. The van der Waals surface area contributed by atoms with Crippen LogP contribution in [0.3, 0.4) is 0 Å². The Kier molecular flexibility index (Phi) is 3.44. The van der Waals surface area contributed by atoms with E-state index in [1.807, 2.05) is 0 Å².